The largest absolute Gasteiger partial charge is 0.464 e. The first-order chi connectivity index (χ1) is 10.4. The van der Waals surface area contributed by atoms with Crippen molar-refractivity contribution in [2.75, 3.05) is 6.54 Å². The van der Waals surface area contributed by atoms with Gasteiger partial charge in [0.25, 0.3) is 0 Å². The summed E-state index contributed by atoms with van der Waals surface area (Å²) in [5.74, 6) is 0. The van der Waals surface area contributed by atoms with Gasteiger partial charge in [0.1, 0.15) is 16.9 Å². The zero-order valence-corrected chi connectivity index (χ0v) is 12.5. The molecule has 0 aliphatic heterocycles. The summed E-state index contributed by atoms with van der Waals surface area (Å²) in [4.78, 5) is 0. The molecule has 4 rings (SSSR count). The first-order valence-corrected chi connectivity index (χ1v) is 8.24. The summed E-state index contributed by atoms with van der Waals surface area (Å²) >= 11 is 1.67. The predicted molar refractivity (Wildman–Crippen MR) is 84.5 cm³/mol. The molecule has 0 atom stereocenters. The fraction of sp³-hybridized carbons (Fsp3) is 0.375. The maximum atomic E-state index is 5.57. The molecule has 1 aliphatic rings. The minimum absolute atomic E-state index is 0.785. The molecule has 0 unspecified atom stereocenters. The second-order valence-electron chi connectivity index (χ2n) is 5.48. The third kappa shape index (κ3) is 2.84. The highest BCUT2D eigenvalue weighted by atomic mass is 32.1. The monoisotopic (exact) mass is 299 g/mol. The van der Waals surface area contributed by atoms with Crippen molar-refractivity contribution in [2.24, 2.45) is 0 Å². The van der Waals surface area contributed by atoms with Gasteiger partial charge in [-0.1, -0.05) is 29.5 Å². The molecule has 1 N–H and O–H groups in total. The third-order valence-corrected chi connectivity index (χ3v) is 4.77. The SMILES string of the molecule is c1ccc2c(-c3nnc(CCCNC4CC4)s3)coc2c1. The van der Waals surface area contributed by atoms with Crippen molar-refractivity contribution in [3.05, 3.63) is 35.5 Å². The van der Waals surface area contributed by atoms with Gasteiger partial charge in [0.05, 0.1) is 5.56 Å². The number of furan rings is 1. The molecular weight excluding hydrogens is 282 g/mol. The summed E-state index contributed by atoms with van der Waals surface area (Å²) in [5, 5.41) is 15.3. The normalized spacial score (nSPS) is 14.9. The Morgan fingerprint density at radius 3 is 3.05 bits per heavy atom. The van der Waals surface area contributed by atoms with E-state index >= 15 is 0 Å². The van der Waals surface area contributed by atoms with Crippen LogP contribution in [0.5, 0.6) is 0 Å². The Bertz CT molecular complexity index is 745. The molecule has 0 bridgehead atoms. The molecule has 1 saturated carbocycles. The summed E-state index contributed by atoms with van der Waals surface area (Å²) in [7, 11) is 0. The van der Waals surface area contributed by atoms with Crippen LogP contribution in [0.2, 0.25) is 0 Å². The van der Waals surface area contributed by atoms with Crippen LogP contribution >= 0.6 is 11.3 Å². The van der Waals surface area contributed by atoms with Crippen LogP contribution in [0.4, 0.5) is 0 Å². The first-order valence-electron chi connectivity index (χ1n) is 7.42. The highest BCUT2D eigenvalue weighted by Gasteiger charge is 2.19. The third-order valence-electron chi connectivity index (χ3n) is 3.76. The molecule has 2 heterocycles. The van der Waals surface area contributed by atoms with Crippen molar-refractivity contribution < 1.29 is 4.42 Å². The lowest BCUT2D eigenvalue weighted by atomic mass is 10.2. The maximum Gasteiger partial charge on any atom is 0.151 e. The zero-order chi connectivity index (χ0) is 14.1. The second kappa shape index (κ2) is 5.58. The highest BCUT2D eigenvalue weighted by Crippen LogP contribution is 2.32. The van der Waals surface area contributed by atoms with Crippen molar-refractivity contribution in [2.45, 2.75) is 31.7 Å². The number of para-hydroxylation sites is 1. The van der Waals surface area contributed by atoms with Crippen LogP contribution in [0.25, 0.3) is 21.5 Å². The lowest BCUT2D eigenvalue weighted by Gasteiger charge is -1.99. The van der Waals surface area contributed by atoms with Crippen LogP contribution in [0.1, 0.15) is 24.3 Å². The minimum atomic E-state index is 0.785. The molecule has 3 aromatic rings. The summed E-state index contributed by atoms with van der Waals surface area (Å²) in [6.45, 7) is 1.08. The molecule has 0 spiro atoms. The van der Waals surface area contributed by atoms with E-state index in [9.17, 15) is 0 Å². The lowest BCUT2D eigenvalue weighted by molar-refractivity contribution is 0.617. The van der Waals surface area contributed by atoms with Gasteiger partial charge in [-0.15, -0.1) is 10.2 Å². The molecule has 108 valence electrons. The van der Waals surface area contributed by atoms with Gasteiger partial charge in [0.2, 0.25) is 0 Å². The minimum Gasteiger partial charge on any atom is -0.464 e. The average molecular weight is 299 g/mol. The van der Waals surface area contributed by atoms with Gasteiger partial charge in [-0.2, -0.15) is 0 Å². The molecule has 0 saturated heterocycles. The van der Waals surface area contributed by atoms with E-state index in [1.807, 2.05) is 18.2 Å². The van der Waals surface area contributed by atoms with Gasteiger partial charge >= 0.3 is 0 Å². The van der Waals surface area contributed by atoms with Crippen molar-refractivity contribution in [1.29, 1.82) is 0 Å². The summed E-state index contributed by atoms with van der Waals surface area (Å²) in [5.41, 5.74) is 1.95. The van der Waals surface area contributed by atoms with Crippen molar-refractivity contribution in [3.63, 3.8) is 0 Å². The Kier molecular flexibility index (Phi) is 3.45. The van der Waals surface area contributed by atoms with E-state index in [1.54, 1.807) is 17.6 Å². The molecule has 0 radical (unpaired) electrons. The number of nitrogens with zero attached hydrogens (tertiary/aromatic N) is 2. The van der Waals surface area contributed by atoms with Gasteiger partial charge in [-0.05, 0) is 31.9 Å². The fourth-order valence-electron chi connectivity index (χ4n) is 2.44. The predicted octanol–water partition coefficient (Wildman–Crippen LogP) is 3.64. The molecule has 21 heavy (non-hydrogen) atoms. The molecule has 4 nitrogen and oxygen atoms in total. The molecule has 1 aromatic carbocycles. The van der Waals surface area contributed by atoms with Gasteiger partial charge in [-0.3, -0.25) is 0 Å². The smallest absolute Gasteiger partial charge is 0.151 e. The zero-order valence-electron chi connectivity index (χ0n) is 11.7. The number of aryl methyl sites for hydroxylation is 1. The quantitative estimate of drug-likeness (QED) is 0.706. The number of nitrogens with one attached hydrogen (secondary N) is 1. The van der Waals surface area contributed by atoms with E-state index in [0.29, 0.717) is 0 Å². The average Bonchev–Trinajstić information content (AvgIpc) is 3.06. The number of rotatable bonds is 6. The van der Waals surface area contributed by atoms with Gasteiger partial charge < -0.3 is 9.73 Å². The van der Waals surface area contributed by atoms with E-state index in [0.717, 1.165) is 52.0 Å². The van der Waals surface area contributed by atoms with Crippen LogP contribution in [-0.4, -0.2) is 22.8 Å². The maximum absolute atomic E-state index is 5.57. The molecule has 5 heteroatoms. The van der Waals surface area contributed by atoms with Gasteiger partial charge in [0, 0.05) is 17.8 Å². The lowest BCUT2D eigenvalue weighted by Crippen LogP contribution is -2.17. The van der Waals surface area contributed by atoms with E-state index in [2.05, 4.69) is 21.6 Å². The standard InChI is InChI=1S/C16H17N3OS/c1-2-5-14-12(4-1)13(10-20-14)16-19-18-15(21-16)6-3-9-17-11-7-8-11/h1-2,4-5,10-11,17H,3,6-9H2. The van der Waals surface area contributed by atoms with Gasteiger partial charge in [-0.25, -0.2) is 0 Å². The van der Waals surface area contributed by atoms with E-state index in [-0.39, 0.29) is 0 Å². The van der Waals surface area contributed by atoms with Crippen molar-refractivity contribution in [1.82, 2.24) is 15.5 Å². The Morgan fingerprint density at radius 2 is 2.14 bits per heavy atom. The van der Waals surface area contributed by atoms with E-state index in [1.165, 1.54) is 12.8 Å². The Hall–Kier alpha value is -1.72. The summed E-state index contributed by atoms with van der Waals surface area (Å²) < 4.78 is 5.57. The fourth-order valence-corrected chi connectivity index (χ4v) is 3.34. The number of benzene rings is 1. The molecule has 0 amide bonds. The second-order valence-corrected chi connectivity index (χ2v) is 6.54. The molecule has 1 fully saturated rings. The number of hydrogen-bond donors (Lipinski definition) is 1. The summed E-state index contributed by atoms with van der Waals surface area (Å²) in [6, 6.07) is 8.83. The first kappa shape index (κ1) is 13.0. The topological polar surface area (TPSA) is 51.0 Å². The Balaban J connectivity index is 1.45. The van der Waals surface area contributed by atoms with Crippen molar-refractivity contribution >= 4 is 22.3 Å². The van der Waals surface area contributed by atoms with Crippen LogP contribution in [0.15, 0.2) is 34.9 Å². The summed E-state index contributed by atoms with van der Waals surface area (Å²) in [6.07, 6.45) is 6.58. The van der Waals surface area contributed by atoms with Gasteiger partial charge in [0.15, 0.2) is 5.01 Å². The van der Waals surface area contributed by atoms with Crippen molar-refractivity contribution in [3.8, 4) is 10.6 Å². The number of aromatic nitrogens is 2. The number of hydrogen-bond acceptors (Lipinski definition) is 5. The molecule has 1 aliphatic carbocycles. The van der Waals surface area contributed by atoms with E-state index in [4.69, 9.17) is 4.42 Å². The molecular formula is C16H17N3OS. The molecule has 2 aromatic heterocycles. The van der Waals surface area contributed by atoms with E-state index < -0.39 is 0 Å². The number of fused-ring (bicyclic) bond motifs is 1. The van der Waals surface area contributed by atoms with Crippen LogP contribution in [0, 0.1) is 0 Å². The van der Waals surface area contributed by atoms with Crippen LogP contribution in [0.3, 0.4) is 0 Å². The Labute approximate surface area is 127 Å². The van der Waals surface area contributed by atoms with Crippen LogP contribution < -0.4 is 5.32 Å². The van der Waals surface area contributed by atoms with Crippen LogP contribution in [-0.2, 0) is 6.42 Å². The Morgan fingerprint density at radius 1 is 1.24 bits per heavy atom. The highest BCUT2D eigenvalue weighted by molar-refractivity contribution is 7.14.